The summed E-state index contributed by atoms with van der Waals surface area (Å²) in [6.07, 6.45) is 2.64. The maximum Gasteiger partial charge on any atom is 0.293 e. The number of benzene rings is 2. The Bertz CT molecular complexity index is 984. The van der Waals surface area contributed by atoms with Gasteiger partial charge in [-0.2, -0.15) is 14.9 Å². The number of hydrogen-bond acceptors (Lipinski definition) is 5. The Hall–Kier alpha value is -2.77. The average molecular weight is 373 g/mol. The van der Waals surface area contributed by atoms with Gasteiger partial charge in [0.15, 0.2) is 0 Å². The molecule has 8 heteroatoms. The Morgan fingerprint density at radius 2 is 2.08 bits per heavy atom. The van der Waals surface area contributed by atoms with E-state index in [0.717, 1.165) is 22.0 Å². The van der Waals surface area contributed by atoms with Crippen molar-refractivity contribution in [3.63, 3.8) is 0 Å². The van der Waals surface area contributed by atoms with Crippen molar-refractivity contribution in [1.82, 2.24) is 14.9 Å². The van der Waals surface area contributed by atoms with Crippen LogP contribution in [-0.2, 0) is 6.61 Å². The van der Waals surface area contributed by atoms with E-state index in [1.165, 1.54) is 6.21 Å². The second kappa shape index (κ2) is 7.87. The van der Waals surface area contributed by atoms with E-state index in [2.05, 4.69) is 15.3 Å². The standard InChI is InChI=1S/C17H13ClN4O2S/c18-14-6-4-12(5-7-14)11-24-15-3-1-2-13(8-15)9-20-22-16(23)10-19-21-17(22)25/h1-10H,11H2,(H,21,25)/b20-9-. The number of nitrogens with zero attached hydrogens (tertiary/aromatic N) is 3. The molecule has 1 heterocycles. The van der Waals surface area contributed by atoms with Gasteiger partial charge in [-0.15, -0.1) is 0 Å². The molecule has 1 aromatic heterocycles. The third-order valence-corrected chi connectivity index (χ3v) is 3.75. The van der Waals surface area contributed by atoms with E-state index in [1.54, 1.807) is 0 Å². The zero-order valence-electron chi connectivity index (χ0n) is 12.9. The third kappa shape index (κ3) is 4.62. The van der Waals surface area contributed by atoms with E-state index < -0.39 is 5.56 Å². The van der Waals surface area contributed by atoms with Gasteiger partial charge in [-0.25, -0.2) is 0 Å². The van der Waals surface area contributed by atoms with Gasteiger partial charge in [-0.3, -0.25) is 9.89 Å². The lowest BCUT2D eigenvalue weighted by Gasteiger charge is -2.07. The second-order valence-corrected chi connectivity index (χ2v) is 5.88. The Morgan fingerprint density at radius 1 is 1.28 bits per heavy atom. The highest BCUT2D eigenvalue weighted by Gasteiger charge is 1.99. The van der Waals surface area contributed by atoms with E-state index in [0.29, 0.717) is 17.4 Å². The lowest BCUT2D eigenvalue weighted by atomic mass is 10.2. The monoisotopic (exact) mass is 372 g/mol. The molecule has 0 radical (unpaired) electrons. The van der Waals surface area contributed by atoms with Gasteiger partial charge >= 0.3 is 0 Å². The molecule has 0 fully saturated rings. The number of aromatic amines is 1. The van der Waals surface area contributed by atoms with Gasteiger partial charge in [0.1, 0.15) is 18.6 Å². The predicted molar refractivity (Wildman–Crippen MR) is 98.9 cm³/mol. The summed E-state index contributed by atoms with van der Waals surface area (Å²) in [4.78, 5) is 11.7. The van der Waals surface area contributed by atoms with E-state index in [1.807, 2.05) is 48.5 Å². The summed E-state index contributed by atoms with van der Waals surface area (Å²) in [5, 5.41) is 10.9. The first-order valence-corrected chi connectivity index (χ1v) is 8.09. The van der Waals surface area contributed by atoms with Crippen LogP contribution in [0.2, 0.25) is 5.02 Å². The molecule has 0 spiro atoms. The molecule has 0 aliphatic heterocycles. The highest BCUT2D eigenvalue weighted by molar-refractivity contribution is 7.71. The molecular formula is C17H13ClN4O2S. The summed E-state index contributed by atoms with van der Waals surface area (Å²) >= 11 is 10.8. The molecule has 0 saturated carbocycles. The molecule has 0 aliphatic carbocycles. The van der Waals surface area contributed by atoms with Gasteiger partial charge in [-0.05, 0) is 47.6 Å². The molecule has 25 heavy (non-hydrogen) atoms. The molecule has 3 aromatic rings. The number of nitrogens with one attached hydrogen (secondary N) is 1. The molecule has 0 saturated heterocycles. The van der Waals surface area contributed by atoms with Crippen molar-refractivity contribution < 1.29 is 4.74 Å². The van der Waals surface area contributed by atoms with Gasteiger partial charge < -0.3 is 4.74 Å². The van der Waals surface area contributed by atoms with Gasteiger partial charge in [0.05, 0.1) is 6.21 Å². The van der Waals surface area contributed by atoms with E-state index in [9.17, 15) is 4.79 Å². The molecule has 6 nitrogen and oxygen atoms in total. The second-order valence-electron chi connectivity index (χ2n) is 5.06. The third-order valence-electron chi connectivity index (χ3n) is 3.24. The zero-order chi connectivity index (χ0) is 17.6. The number of hydrogen-bond donors (Lipinski definition) is 1. The van der Waals surface area contributed by atoms with Crippen LogP contribution in [0.4, 0.5) is 0 Å². The SMILES string of the molecule is O=c1cn[nH]c(=S)n1/N=C\c1cccc(OCc2ccc(Cl)cc2)c1. The molecule has 0 atom stereocenters. The van der Waals surface area contributed by atoms with Crippen molar-refractivity contribution in [1.29, 1.82) is 0 Å². The van der Waals surface area contributed by atoms with Crippen LogP contribution in [0.15, 0.2) is 64.6 Å². The minimum Gasteiger partial charge on any atom is -0.489 e. The summed E-state index contributed by atoms with van der Waals surface area (Å²) in [5.74, 6) is 0.686. The molecule has 126 valence electrons. The average Bonchev–Trinajstić information content (AvgIpc) is 2.61. The fraction of sp³-hybridized carbons (Fsp3) is 0.0588. The van der Waals surface area contributed by atoms with E-state index >= 15 is 0 Å². The van der Waals surface area contributed by atoms with Crippen molar-refractivity contribution in [3.05, 3.63) is 86.0 Å². The van der Waals surface area contributed by atoms with E-state index in [-0.39, 0.29) is 4.77 Å². The number of ether oxygens (including phenoxy) is 1. The molecule has 1 N–H and O–H groups in total. The van der Waals surface area contributed by atoms with Crippen LogP contribution in [0.1, 0.15) is 11.1 Å². The number of halogens is 1. The lowest BCUT2D eigenvalue weighted by Crippen LogP contribution is -2.18. The molecule has 0 unspecified atom stereocenters. The van der Waals surface area contributed by atoms with Crippen LogP contribution in [0.3, 0.4) is 0 Å². The fourth-order valence-corrected chi connectivity index (χ4v) is 2.33. The van der Waals surface area contributed by atoms with Crippen LogP contribution in [0.5, 0.6) is 5.75 Å². The van der Waals surface area contributed by atoms with Crippen molar-refractivity contribution in [3.8, 4) is 5.75 Å². The lowest BCUT2D eigenvalue weighted by molar-refractivity contribution is 0.306. The van der Waals surface area contributed by atoms with Gasteiger partial charge in [0, 0.05) is 5.02 Å². The summed E-state index contributed by atoms with van der Waals surface area (Å²) in [5.41, 5.74) is 1.37. The predicted octanol–water partition coefficient (Wildman–Crippen LogP) is 3.42. The number of H-pyrrole nitrogens is 1. The van der Waals surface area contributed by atoms with Gasteiger partial charge in [-0.1, -0.05) is 35.9 Å². The summed E-state index contributed by atoms with van der Waals surface area (Å²) in [6.45, 7) is 0.423. The quantitative estimate of drug-likeness (QED) is 0.550. The highest BCUT2D eigenvalue weighted by Crippen LogP contribution is 2.15. The zero-order valence-corrected chi connectivity index (χ0v) is 14.5. The maximum atomic E-state index is 11.7. The van der Waals surface area contributed by atoms with Crippen LogP contribution in [0.25, 0.3) is 0 Å². The smallest absolute Gasteiger partial charge is 0.293 e. The maximum absolute atomic E-state index is 11.7. The number of aromatic nitrogens is 3. The molecule has 2 aromatic carbocycles. The van der Waals surface area contributed by atoms with Crippen LogP contribution in [-0.4, -0.2) is 21.1 Å². The molecular weight excluding hydrogens is 360 g/mol. The minimum absolute atomic E-state index is 0.124. The summed E-state index contributed by atoms with van der Waals surface area (Å²) in [7, 11) is 0. The number of rotatable bonds is 5. The molecule has 3 rings (SSSR count). The van der Waals surface area contributed by atoms with Gasteiger partial charge in [0.25, 0.3) is 5.56 Å². The van der Waals surface area contributed by atoms with Crippen molar-refractivity contribution in [2.75, 3.05) is 0 Å². The van der Waals surface area contributed by atoms with Crippen LogP contribution < -0.4 is 10.3 Å². The summed E-state index contributed by atoms with van der Waals surface area (Å²) in [6, 6.07) is 14.8. The molecule has 0 aliphatic rings. The minimum atomic E-state index is -0.407. The van der Waals surface area contributed by atoms with Crippen molar-refractivity contribution in [2.24, 2.45) is 5.10 Å². The Balaban J connectivity index is 1.73. The first kappa shape index (κ1) is 17.1. The highest BCUT2D eigenvalue weighted by atomic mass is 35.5. The largest absolute Gasteiger partial charge is 0.489 e. The molecule has 0 bridgehead atoms. The first-order valence-electron chi connectivity index (χ1n) is 7.30. The van der Waals surface area contributed by atoms with Crippen LogP contribution in [0, 0.1) is 4.77 Å². The topological polar surface area (TPSA) is 72.3 Å². The van der Waals surface area contributed by atoms with E-state index in [4.69, 9.17) is 28.6 Å². The first-order chi connectivity index (χ1) is 12.1. The Kier molecular flexibility index (Phi) is 5.37. The van der Waals surface area contributed by atoms with Crippen molar-refractivity contribution in [2.45, 2.75) is 6.61 Å². The summed E-state index contributed by atoms with van der Waals surface area (Å²) < 4.78 is 6.95. The van der Waals surface area contributed by atoms with Gasteiger partial charge in [0.2, 0.25) is 4.77 Å². The fourth-order valence-electron chi connectivity index (χ4n) is 2.01. The normalized spacial score (nSPS) is 10.9. The molecule has 0 amide bonds. The van der Waals surface area contributed by atoms with Crippen molar-refractivity contribution >= 4 is 30.0 Å². The Morgan fingerprint density at radius 3 is 2.84 bits per heavy atom. The van der Waals surface area contributed by atoms with Crippen LogP contribution >= 0.6 is 23.8 Å². The Labute approximate surface area is 153 Å².